The third-order valence-electron chi connectivity index (χ3n) is 6.12. The van der Waals surface area contributed by atoms with Crippen LogP contribution in [0.4, 0.5) is 0 Å². The highest BCUT2D eigenvalue weighted by atomic mass is 16.6. The van der Waals surface area contributed by atoms with Gasteiger partial charge in [-0.15, -0.1) is 0 Å². The summed E-state index contributed by atoms with van der Waals surface area (Å²) in [4.78, 5) is 0. The van der Waals surface area contributed by atoms with E-state index in [0.717, 1.165) is 37.6 Å². The quantitative estimate of drug-likeness (QED) is 0.544. The fraction of sp³-hybridized carbons (Fsp3) is 0.538. The summed E-state index contributed by atoms with van der Waals surface area (Å²) in [5, 5.41) is 0. The first-order valence-electron chi connectivity index (χ1n) is 11.1. The average Bonchev–Trinajstić information content (AvgIpc) is 3.56. The molecule has 2 heterocycles. The average molecular weight is 411 g/mol. The Balaban J connectivity index is 1.41. The van der Waals surface area contributed by atoms with Crippen molar-refractivity contribution in [1.82, 2.24) is 0 Å². The molecular formula is C26H34O4. The Labute approximate surface area is 180 Å². The van der Waals surface area contributed by atoms with Crippen molar-refractivity contribution in [3.8, 4) is 11.5 Å². The predicted octanol–water partition coefficient (Wildman–Crippen LogP) is 5.04. The predicted molar refractivity (Wildman–Crippen MR) is 119 cm³/mol. The largest absolute Gasteiger partial charge is 0.487 e. The molecule has 0 spiro atoms. The van der Waals surface area contributed by atoms with E-state index in [1.165, 1.54) is 33.4 Å². The zero-order chi connectivity index (χ0) is 21.4. The van der Waals surface area contributed by atoms with Crippen molar-refractivity contribution in [2.24, 2.45) is 0 Å². The molecule has 2 aromatic carbocycles. The van der Waals surface area contributed by atoms with Crippen molar-refractivity contribution in [3.05, 3.63) is 57.6 Å². The van der Waals surface area contributed by atoms with Gasteiger partial charge in [0.1, 0.15) is 35.9 Å². The third-order valence-corrected chi connectivity index (χ3v) is 6.12. The van der Waals surface area contributed by atoms with Crippen molar-refractivity contribution in [1.29, 1.82) is 0 Å². The molecule has 4 atom stereocenters. The molecule has 162 valence electrons. The summed E-state index contributed by atoms with van der Waals surface area (Å²) in [7, 11) is 0. The first kappa shape index (κ1) is 21.2. The second-order valence-electron chi connectivity index (χ2n) is 9.01. The highest BCUT2D eigenvalue weighted by Gasteiger charge is 2.32. The van der Waals surface area contributed by atoms with Crippen LogP contribution in [0, 0.1) is 27.7 Å². The molecule has 4 nitrogen and oxygen atoms in total. The zero-order valence-corrected chi connectivity index (χ0v) is 19.1. The van der Waals surface area contributed by atoms with Crippen LogP contribution in [-0.2, 0) is 22.3 Å². The van der Waals surface area contributed by atoms with Crippen LogP contribution in [0.1, 0.15) is 47.2 Å². The van der Waals surface area contributed by atoms with Crippen molar-refractivity contribution in [3.63, 3.8) is 0 Å². The van der Waals surface area contributed by atoms with Crippen LogP contribution < -0.4 is 9.47 Å². The van der Waals surface area contributed by atoms with Gasteiger partial charge in [-0.1, -0.05) is 24.3 Å². The molecule has 0 radical (unpaired) electrons. The van der Waals surface area contributed by atoms with Gasteiger partial charge in [0.2, 0.25) is 0 Å². The molecule has 2 saturated heterocycles. The first-order valence-corrected chi connectivity index (χ1v) is 11.1. The summed E-state index contributed by atoms with van der Waals surface area (Å²) in [6, 6.07) is 9.04. The van der Waals surface area contributed by atoms with E-state index in [4.69, 9.17) is 18.9 Å². The normalized spacial score (nSPS) is 21.8. The fourth-order valence-corrected chi connectivity index (χ4v) is 4.21. The van der Waals surface area contributed by atoms with Crippen molar-refractivity contribution >= 4 is 0 Å². The summed E-state index contributed by atoms with van der Waals surface area (Å²) >= 11 is 0. The molecule has 2 fully saturated rings. The Morgan fingerprint density at radius 2 is 1.00 bits per heavy atom. The lowest BCUT2D eigenvalue weighted by Gasteiger charge is -2.19. The Morgan fingerprint density at radius 3 is 1.27 bits per heavy atom. The maximum atomic E-state index is 6.17. The molecule has 4 heteroatoms. The minimum atomic E-state index is 0.106. The minimum Gasteiger partial charge on any atom is -0.487 e. The fourth-order valence-electron chi connectivity index (χ4n) is 4.21. The van der Waals surface area contributed by atoms with Gasteiger partial charge in [-0.2, -0.15) is 0 Å². The maximum Gasteiger partial charge on any atom is 0.125 e. The van der Waals surface area contributed by atoms with E-state index in [2.05, 4.69) is 65.8 Å². The van der Waals surface area contributed by atoms with Gasteiger partial charge in [-0.05, 0) is 87.8 Å². The van der Waals surface area contributed by atoms with Gasteiger partial charge in [-0.3, -0.25) is 0 Å². The Kier molecular flexibility index (Phi) is 6.08. The molecular weight excluding hydrogens is 376 g/mol. The van der Waals surface area contributed by atoms with Gasteiger partial charge in [0.25, 0.3) is 0 Å². The van der Waals surface area contributed by atoms with E-state index < -0.39 is 0 Å². The number of benzene rings is 2. The molecule has 2 aliphatic heterocycles. The molecule has 4 rings (SSSR count). The van der Waals surface area contributed by atoms with Crippen molar-refractivity contribution in [2.75, 3.05) is 13.2 Å². The van der Waals surface area contributed by atoms with Crippen molar-refractivity contribution in [2.45, 2.75) is 78.8 Å². The Hall–Kier alpha value is -2.04. The van der Waals surface area contributed by atoms with Gasteiger partial charge in [-0.25, -0.2) is 0 Å². The molecule has 0 aliphatic carbocycles. The highest BCUT2D eigenvalue weighted by Crippen LogP contribution is 2.31. The molecule has 0 bridgehead atoms. The molecule has 2 aliphatic rings. The van der Waals surface area contributed by atoms with E-state index >= 15 is 0 Å². The lowest BCUT2D eigenvalue weighted by Crippen LogP contribution is -2.20. The van der Waals surface area contributed by atoms with Gasteiger partial charge >= 0.3 is 0 Å². The van der Waals surface area contributed by atoms with Crippen LogP contribution in [0.15, 0.2) is 24.3 Å². The van der Waals surface area contributed by atoms with E-state index in [9.17, 15) is 0 Å². The summed E-state index contributed by atoms with van der Waals surface area (Å²) in [5.74, 6) is 2.01. The monoisotopic (exact) mass is 410 g/mol. The second-order valence-corrected chi connectivity index (χ2v) is 9.01. The molecule has 0 aromatic heterocycles. The second kappa shape index (κ2) is 8.60. The number of epoxide rings is 2. The highest BCUT2D eigenvalue weighted by molar-refractivity contribution is 5.45. The molecule has 0 N–H and O–H groups in total. The van der Waals surface area contributed by atoms with Crippen LogP contribution in [0.5, 0.6) is 11.5 Å². The van der Waals surface area contributed by atoms with Gasteiger partial charge in [0.15, 0.2) is 0 Å². The summed E-state index contributed by atoms with van der Waals surface area (Å²) in [6.45, 7) is 14.3. The lowest BCUT2D eigenvalue weighted by molar-refractivity contribution is 0.174. The van der Waals surface area contributed by atoms with Gasteiger partial charge in [0, 0.05) is 0 Å². The number of rotatable bonds is 9. The van der Waals surface area contributed by atoms with E-state index in [-0.39, 0.29) is 24.4 Å². The van der Waals surface area contributed by atoms with Crippen LogP contribution in [0.2, 0.25) is 0 Å². The van der Waals surface area contributed by atoms with Gasteiger partial charge < -0.3 is 18.9 Å². The SMILES string of the molecule is Cc1cc(CCc2cc(C)c(OC(C)C3CO3)c(C)c2)cc(C)c1OC(C)C1CO1. The number of hydrogen-bond acceptors (Lipinski definition) is 4. The third kappa shape index (κ3) is 4.98. The van der Waals surface area contributed by atoms with Crippen LogP contribution >= 0.6 is 0 Å². The smallest absolute Gasteiger partial charge is 0.125 e. The Bertz CT molecular complexity index is 790. The van der Waals surface area contributed by atoms with Gasteiger partial charge in [0.05, 0.1) is 13.2 Å². The van der Waals surface area contributed by atoms with E-state index in [0.29, 0.717) is 0 Å². The first-order chi connectivity index (χ1) is 14.3. The van der Waals surface area contributed by atoms with E-state index in [1.54, 1.807) is 0 Å². The number of ether oxygens (including phenoxy) is 4. The van der Waals surface area contributed by atoms with Crippen LogP contribution in [0.25, 0.3) is 0 Å². The summed E-state index contributed by atoms with van der Waals surface area (Å²) in [6.07, 6.45) is 2.73. The summed E-state index contributed by atoms with van der Waals surface area (Å²) < 4.78 is 23.0. The molecule has 0 amide bonds. The molecule has 0 saturated carbocycles. The van der Waals surface area contributed by atoms with Crippen LogP contribution in [0.3, 0.4) is 0 Å². The van der Waals surface area contributed by atoms with E-state index in [1.807, 2.05) is 0 Å². The minimum absolute atomic E-state index is 0.106. The topological polar surface area (TPSA) is 43.5 Å². The Morgan fingerprint density at radius 1 is 0.700 bits per heavy atom. The standard InChI is InChI=1S/C26H34O4/c1-15-9-21(10-16(2)25(15)29-19(5)23-13-27-23)7-8-22-11-17(3)26(18(4)12-22)30-20(6)24-14-28-24/h9-12,19-20,23-24H,7-8,13-14H2,1-6H3. The summed E-state index contributed by atoms with van der Waals surface area (Å²) in [5.41, 5.74) is 7.50. The lowest BCUT2D eigenvalue weighted by atomic mass is 9.97. The molecule has 30 heavy (non-hydrogen) atoms. The van der Waals surface area contributed by atoms with Crippen LogP contribution in [-0.4, -0.2) is 37.6 Å². The van der Waals surface area contributed by atoms with Crippen molar-refractivity contribution < 1.29 is 18.9 Å². The molecule has 2 aromatic rings. The molecule has 4 unspecified atom stereocenters. The maximum absolute atomic E-state index is 6.17. The number of aryl methyl sites for hydroxylation is 6. The number of hydrogen-bond donors (Lipinski definition) is 0. The zero-order valence-electron chi connectivity index (χ0n) is 19.1.